The summed E-state index contributed by atoms with van der Waals surface area (Å²) in [4.78, 5) is 27.2. The number of aromatic nitrogens is 2. The fraction of sp³-hybridized carbons (Fsp3) is 0.316. The van der Waals surface area contributed by atoms with Gasteiger partial charge in [-0.2, -0.15) is 0 Å². The first-order valence-corrected chi connectivity index (χ1v) is 8.36. The van der Waals surface area contributed by atoms with Gasteiger partial charge in [0, 0.05) is 23.6 Å². The summed E-state index contributed by atoms with van der Waals surface area (Å²) in [6.07, 6.45) is 0.591. The van der Waals surface area contributed by atoms with E-state index in [1.807, 2.05) is 25.1 Å². The molecule has 0 saturated carbocycles. The highest BCUT2D eigenvalue weighted by molar-refractivity contribution is 5.87. The highest BCUT2D eigenvalue weighted by atomic mass is 16.5. The molecule has 2 aromatic heterocycles. The summed E-state index contributed by atoms with van der Waals surface area (Å²) in [6, 6.07) is 7.37. The second-order valence-electron chi connectivity index (χ2n) is 6.20. The number of benzene rings is 1. The van der Waals surface area contributed by atoms with Crippen molar-refractivity contribution in [1.29, 1.82) is 0 Å². The molecule has 0 atom stereocenters. The monoisotopic (exact) mass is 355 g/mol. The molecular weight excluding hydrogens is 334 g/mol. The van der Waals surface area contributed by atoms with E-state index in [-0.39, 0.29) is 17.9 Å². The van der Waals surface area contributed by atoms with E-state index in [0.717, 1.165) is 10.9 Å². The predicted molar refractivity (Wildman–Crippen MR) is 97.5 cm³/mol. The maximum Gasteiger partial charge on any atom is 0.251 e. The number of carbonyl (C=O) groups is 1. The number of pyridine rings is 1. The third-order valence-electron chi connectivity index (χ3n) is 4.23. The van der Waals surface area contributed by atoms with E-state index in [1.54, 1.807) is 20.1 Å². The van der Waals surface area contributed by atoms with Gasteiger partial charge in [-0.25, -0.2) is 0 Å². The van der Waals surface area contributed by atoms with Crippen LogP contribution in [0.4, 0.5) is 0 Å². The van der Waals surface area contributed by atoms with Crippen LogP contribution in [0.25, 0.3) is 10.9 Å². The quantitative estimate of drug-likeness (QED) is 0.705. The largest absolute Gasteiger partial charge is 0.495 e. The van der Waals surface area contributed by atoms with Crippen molar-refractivity contribution in [3.8, 4) is 5.75 Å². The molecule has 7 heteroatoms. The molecule has 1 amide bonds. The third-order valence-corrected chi connectivity index (χ3v) is 4.23. The highest BCUT2D eigenvalue weighted by Crippen LogP contribution is 2.25. The Morgan fingerprint density at radius 3 is 2.81 bits per heavy atom. The number of carbonyl (C=O) groups excluding carboxylic acids is 1. The summed E-state index contributed by atoms with van der Waals surface area (Å²) in [6.45, 7) is 4.12. The van der Waals surface area contributed by atoms with Crippen LogP contribution in [-0.2, 0) is 17.6 Å². The number of nitrogens with zero attached hydrogens (tertiary/aromatic N) is 1. The van der Waals surface area contributed by atoms with Crippen molar-refractivity contribution in [1.82, 2.24) is 15.5 Å². The van der Waals surface area contributed by atoms with E-state index >= 15 is 0 Å². The number of aromatic amines is 1. The van der Waals surface area contributed by atoms with Crippen molar-refractivity contribution in [2.24, 2.45) is 0 Å². The lowest BCUT2D eigenvalue weighted by Gasteiger charge is -2.10. The van der Waals surface area contributed by atoms with Crippen LogP contribution in [0.3, 0.4) is 0 Å². The smallest absolute Gasteiger partial charge is 0.251 e. The molecular formula is C19H21N3O4. The van der Waals surface area contributed by atoms with Crippen molar-refractivity contribution in [2.45, 2.75) is 26.7 Å². The second-order valence-corrected chi connectivity index (χ2v) is 6.20. The Morgan fingerprint density at radius 2 is 2.12 bits per heavy atom. The van der Waals surface area contributed by atoms with Gasteiger partial charge in [-0.05, 0) is 38.0 Å². The summed E-state index contributed by atoms with van der Waals surface area (Å²) in [5, 5.41) is 7.53. The van der Waals surface area contributed by atoms with Gasteiger partial charge in [0.15, 0.2) is 0 Å². The Balaban J connectivity index is 1.69. The van der Waals surface area contributed by atoms with Crippen LogP contribution in [0.1, 0.15) is 22.6 Å². The number of methoxy groups -OCH3 is 1. The predicted octanol–water partition coefficient (Wildman–Crippen LogP) is 2.04. The molecule has 0 saturated heterocycles. The molecule has 2 N–H and O–H groups in total. The van der Waals surface area contributed by atoms with Gasteiger partial charge in [0.25, 0.3) is 5.56 Å². The number of ether oxygens (including phenoxy) is 1. The van der Waals surface area contributed by atoms with Gasteiger partial charge >= 0.3 is 0 Å². The molecule has 3 aromatic rings. The van der Waals surface area contributed by atoms with Crippen molar-refractivity contribution < 1.29 is 14.1 Å². The molecule has 136 valence electrons. The first-order chi connectivity index (χ1) is 12.5. The molecule has 2 heterocycles. The van der Waals surface area contributed by atoms with E-state index in [2.05, 4.69) is 15.5 Å². The number of aryl methyl sites for hydroxylation is 2. The Labute approximate surface area is 150 Å². The number of amides is 1. The van der Waals surface area contributed by atoms with Gasteiger partial charge in [0.05, 0.1) is 24.7 Å². The van der Waals surface area contributed by atoms with Gasteiger partial charge in [-0.3, -0.25) is 9.59 Å². The zero-order valence-electron chi connectivity index (χ0n) is 15.0. The van der Waals surface area contributed by atoms with E-state index < -0.39 is 0 Å². The molecule has 3 rings (SSSR count). The maximum atomic E-state index is 12.3. The summed E-state index contributed by atoms with van der Waals surface area (Å²) >= 11 is 0. The Morgan fingerprint density at radius 1 is 1.31 bits per heavy atom. The maximum absolute atomic E-state index is 12.3. The zero-order valence-corrected chi connectivity index (χ0v) is 15.0. The van der Waals surface area contributed by atoms with Crippen LogP contribution in [0, 0.1) is 13.8 Å². The SMILES string of the molecule is COc1ccc(C)c2cc(CCNC(=O)Cc3cc(C)on3)c(=O)[nH]c12. The van der Waals surface area contributed by atoms with Gasteiger partial charge in [-0.1, -0.05) is 11.2 Å². The number of nitrogens with one attached hydrogen (secondary N) is 2. The molecule has 0 aliphatic rings. The molecule has 0 radical (unpaired) electrons. The third kappa shape index (κ3) is 3.77. The number of rotatable bonds is 6. The lowest BCUT2D eigenvalue weighted by atomic mass is 10.1. The van der Waals surface area contributed by atoms with E-state index in [4.69, 9.17) is 9.26 Å². The number of hydrogen-bond donors (Lipinski definition) is 2. The van der Waals surface area contributed by atoms with Gasteiger partial charge < -0.3 is 19.6 Å². The van der Waals surface area contributed by atoms with Crippen molar-refractivity contribution in [2.75, 3.05) is 13.7 Å². The van der Waals surface area contributed by atoms with Gasteiger partial charge in [0.2, 0.25) is 5.91 Å². The Hall–Kier alpha value is -3.09. The van der Waals surface area contributed by atoms with Gasteiger partial charge in [0.1, 0.15) is 11.5 Å². The molecule has 0 bridgehead atoms. The molecule has 7 nitrogen and oxygen atoms in total. The normalized spacial score (nSPS) is 10.9. The van der Waals surface area contributed by atoms with Crippen LogP contribution >= 0.6 is 0 Å². The summed E-state index contributed by atoms with van der Waals surface area (Å²) in [5.74, 6) is 1.14. The summed E-state index contributed by atoms with van der Waals surface area (Å²) in [7, 11) is 1.57. The summed E-state index contributed by atoms with van der Waals surface area (Å²) < 4.78 is 10.2. The van der Waals surface area contributed by atoms with Crippen molar-refractivity contribution in [3.63, 3.8) is 0 Å². The van der Waals surface area contributed by atoms with Crippen LogP contribution in [0.2, 0.25) is 0 Å². The molecule has 0 aliphatic heterocycles. The molecule has 0 fully saturated rings. The minimum Gasteiger partial charge on any atom is -0.495 e. The zero-order chi connectivity index (χ0) is 18.7. The molecule has 0 spiro atoms. The number of fused-ring (bicyclic) bond motifs is 1. The minimum atomic E-state index is -0.178. The Kier molecular flexibility index (Phi) is 5.06. The van der Waals surface area contributed by atoms with Crippen LogP contribution in [-0.4, -0.2) is 29.7 Å². The average Bonchev–Trinajstić information content (AvgIpc) is 3.01. The average molecular weight is 355 g/mol. The molecule has 0 unspecified atom stereocenters. The van der Waals surface area contributed by atoms with Crippen LogP contribution < -0.4 is 15.6 Å². The van der Waals surface area contributed by atoms with Crippen molar-refractivity contribution in [3.05, 3.63) is 57.2 Å². The first-order valence-electron chi connectivity index (χ1n) is 8.36. The molecule has 0 aliphatic carbocycles. The van der Waals surface area contributed by atoms with E-state index in [1.165, 1.54) is 0 Å². The number of H-pyrrole nitrogens is 1. The number of hydrogen-bond acceptors (Lipinski definition) is 5. The fourth-order valence-electron chi connectivity index (χ4n) is 2.87. The lowest BCUT2D eigenvalue weighted by Crippen LogP contribution is -2.28. The molecule has 1 aromatic carbocycles. The van der Waals surface area contributed by atoms with E-state index in [0.29, 0.717) is 41.2 Å². The van der Waals surface area contributed by atoms with Crippen LogP contribution in [0.15, 0.2) is 33.6 Å². The van der Waals surface area contributed by atoms with E-state index in [9.17, 15) is 9.59 Å². The minimum absolute atomic E-state index is 0.154. The highest BCUT2D eigenvalue weighted by Gasteiger charge is 2.11. The Bertz CT molecular complexity index is 1000. The topological polar surface area (TPSA) is 97.2 Å². The lowest BCUT2D eigenvalue weighted by molar-refractivity contribution is -0.120. The van der Waals surface area contributed by atoms with Crippen LogP contribution in [0.5, 0.6) is 5.75 Å². The fourth-order valence-corrected chi connectivity index (χ4v) is 2.87. The summed E-state index contributed by atoms with van der Waals surface area (Å²) in [5.41, 5.74) is 2.76. The standard InChI is InChI=1S/C19H21N3O4/c1-11-4-5-16(25-3)18-15(11)9-13(19(24)21-18)6-7-20-17(23)10-14-8-12(2)26-22-14/h4-5,8-9H,6-7,10H2,1-3H3,(H,20,23)(H,21,24). The first kappa shape index (κ1) is 17.7. The van der Waals surface area contributed by atoms with Crippen molar-refractivity contribution >= 4 is 16.8 Å². The van der Waals surface area contributed by atoms with Gasteiger partial charge in [-0.15, -0.1) is 0 Å². The molecule has 26 heavy (non-hydrogen) atoms. The second kappa shape index (κ2) is 7.43.